The van der Waals surface area contributed by atoms with Gasteiger partial charge in [-0.2, -0.15) is 0 Å². The highest BCUT2D eigenvalue weighted by molar-refractivity contribution is 7.92. The number of nitrogens with zero attached hydrogens (tertiary/aromatic N) is 2. The van der Waals surface area contributed by atoms with Crippen molar-refractivity contribution < 1.29 is 22.7 Å². The molecule has 8 nitrogen and oxygen atoms in total. The van der Waals surface area contributed by atoms with Crippen molar-refractivity contribution in [3.63, 3.8) is 0 Å². The number of aryl methyl sites for hydroxylation is 2. The number of carbonyl (C=O) groups excluding carboxylic acids is 2. The van der Waals surface area contributed by atoms with E-state index in [0.29, 0.717) is 18.8 Å². The summed E-state index contributed by atoms with van der Waals surface area (Å²) in [5, 5.41) is 0. The van der Waals surface area contributed by atoms with Gasteiger partial charge >= 0.3 is 5.97 Å². The predicted octanol–water partition coefficient (Wildman–Crippen LogP) is 2.81. The summed E-state index contributed by atoms with van der Waals surface area (Å²) in [6.07, 6.45) is -0.895. The topological polar surface area (TPSA) is 96.0 Å². The lowest BCUT2D eigenvalue weighted by Gasteiger charge is -2.35. The molecule has 1 heterocycles. The number of amides is 1. The fourth-order valence-electron chi connectivity index (χ4n) is 3.59. The number of piperazine rings is 1. The molecule has 1 atom stereocenters. The highest BCUT2D eigenvalue weighted by Gasteiger charge is 2.27. The van der Waals surface area contributed by atoms with Gasteiger partial charge in [-0.3, -0.25) is 9.52 Å². The third kappa shape index (κ3) is 6.11. The van der Waals surface area contributed by atoms with Gasteiger partial charge in [0.2, 0.25) is 0 Å². The lowest BCUT2D eigenvalue weighted by atomic mass is 10.1. The first-order valence-electron chi connectivity index (χ1n) is 11.0. The molecule has 1 saturated heterocycles. The molecule has 0 radical (unpaired) electrons. The monoisotopic (exact) mass is 473 g/mol. The molecule has 3 rings (SSSR count). The van der Waals surface area contributed by atoms with Crippen LogP contribution in [0.15, 0.2) is 47.4 Å². The minimum Gasteiger partial charge on any atom is -0.449 e. The molecular weight excluding hydrogens is 442 g/mol. The average Bonchev–Trinajstić information content (AvgIpc) is 2.80. The standard InChI is InChI=1S/C24H31N3O5S/c1-5-26-12-14-27(15-13-26)23(28)19(4)32-24(29)20-7-9-21(10-8-20)25-33(30,31)22-11-6-17(2)18(3)16-22/h6-11,16,19,25H,5,12-15H2,1-4H3/t19-/m0/s1. The molecule has 0 spiro atoms. The van der Waals surface area contributed by atoms with Crippen LogP contribution in [0.4, 0.5) is 5.69 Å². The molecule has 1 aliphatic rings. The maximum absolute atomic E-state index is 12.6. The molecular formula is C24H31N3O5S. The smallest absolute Gasteiger partial charge is 0.338 e. The van der Waals surface area contributed by atoms with Gasteiger partial charge in [0, 0.05) is 31.9 Å². The van der Waals surface area contributed by atoms with Crippen LogP contribution >= 0.6 is 0 Å². The molecule has 0 aliphatic carbocycles. The molecule has 2 aromatic rings. The van der Waals surface area contributed by atoms with Crippen LogP contribution in [-0.2, 0) is 19.6 Å². The SMILES string of the molecule is CCN1CCN(C(=O)[C@H](C)OC(=O)c2ccc(NS(=O)(=O)c3ccc(C)c(C)c3)cc2)CC1. The van der Waals surface area contributed by atoms with Crippen molar-refractivity contribution in [2.24, 2.45) is 0 Å². The van der Waals surface area contributed by atoms with E-state index in [-0.39, 0.29) is 16.4 Å². The molecule has 1 aliphatic heterocycles. The summed E-state index contributed by atoms with van der Waals surface area (Å²) in [4.78, 5) is 29.2. The number of sulfonamides is 1. The Balaban J connectivity index is 1.59. The molecule has 9 heteroatoms. The van der Waals surface area contributed by atoms with Gasteiger partial charge in [-0.05, 0) is 74.8 Å². The van der Waals surface area contributed by atoms with Crippen LogP contribution in [0.5, 0.6) is 0 Å². The lowest BCUT2D eigenvalue weighted by molar-refractivity contribution is -0.141. The van der Waals surface area contributed by atoms with Gasteiger partial charge in [-0.25, -0.2) is 13.2 Å². The third-order valence-corrected chi connectivity index (χ3v) is 7.30. The van der Waals surface area contributed by atoms with Crippen LogP contribution in [0, 0.1) is 13.8 Å². The van der Waals surface area contributed by atoms with Crippen LogP contribution in [-0.4, -0.2) is 68.9 Å². The Labute approximate surface area is 195 Å². The largest absolute Gasteiger partial charge is 0.449 e. The second-order valence-electron chi connectivity index (χ2n) is 8.24. The quantitative estimate of drug-likeness (QED) is 0.622. The number of hydrogen-bond donors (Lipinski definition) is 1. The molecule has 178 valence electrons. The zero-order valence-electron chi connectivity index (χ0n) is 19.5. The molecule has 1 fully saturated rings. The first-order chi connectivity index (χ1) is 15.6. The van der Waals surface area contributed by atoms with Crippen molar-refractivity contribution >= 4 is 27.6 Å². The fourth-order valence-corrected chi connectivity index (χ4v) is 4.73. The first kappa shape index (κ1) is 24.7. The van der Waals surface area contributed by atoms with Gasteiger partial charge in [0.15, 0.2) is 6.10 Å². The van der Waals surface area contributed by atoms with Crippen LogP contribution in [0.25, 0.3) is 0 Å². The number of esters is 1. The Kier molecular flexibility index (Phi) is 7.76. The van der Waals surface area contributed by atoms with Crippen molar-refractivity contribution in [3.05, 3.63) is 59.2 Å². The second kappa shape index (κ2) is 10.4. The number of likely N-dealkylation sites (N-methyl/N-ethyl adjacent to an activating group) is 1. The summed E-state index contributed by atoms with van der Waals surface area (Å²) in [6.45, 7) is 11.2. The number of hydrogen-bond acceptors (Lipinski definition) is 6. The first-order valence-corrected chi connectivity index (χ1v) is 12.5. The Morgan fingerprint density at radius 2 is 1.64 bits per heavy atom. The minimum atomic E-state index is -3.75. The lowest BCUT2D eigenvalue weighted by Crippen LogP contribution is -2.51. The summed E-state index contributed by atoms with van der Waals surface area (Å²) in [6, 6.07) is 10.9. The fraction of sp³-hybridized carbons (Fsp3) is 0.417. The minimum absolute atomic E-state index is 0.168. The number of ether oxygens (including phenoxy) is 1. The zero-order chi connectivity index (χ0) is 24.2. The van der Waals surface area contributed by atoms with Gasteiger partial charge in [0.1, 0.15) is 0 Å². The van der Waals surface area contributed by atoms with Gasteiger partial charge < -0.3 is 14.5 Å². The predicted molar refractivity (Wildman–Crippen MR) is 127 cm³/mol. The van der Waals surface area contributed by atoms with Gasteiger partial charge in [0.25, 0.3) is 15.9 Å². The van der Waals surface area contributed by atoms with E-state index in [2.05, 4.69) is 16.5 Å². The van der Waals surface area contributed by atoms with E-state index < -0.39 is 22.1 Å². The van der Waals surface area contributed by atoms with Crippen molar-refractivity contribution in [1.82, 2.24) is 9.80 Å². The summed E-state index contributed by atoms with van der Waals surface area (Å²) in [7, 11) is -3.75. The molecule has 33 heavy (non-hydrogen) atoms. The molecule has 0 unspecified atom stereocenters. The number of benzene rings is 2. The van der Waals surface area contributed by atoms with Gasteiger partial charge in [0.05, 0.1) is 10.5 Å². The third-order valence-electron chi connectivity index (χ3n) is 5.92. The number of anilines is 1. The molecule has 2 aromatic carbocycles. The zero-order valence-corrected chi connectivity index (χ0v) is 20.3. The highest BCUT2D eigenvalue weighted by atomic mass is 32.2. The van der Waals surface area contributed by atoms with E-state index in [4.69, 9.17) is 4.74 Å². The second-order valence-corrected chi connectivity index (χ2v) is 9.92. The van der Waals surface area contributed by atoms with Crippen LogP contribution in [0.3, 0.4) is 0 Å². The van der Waals surface area contributed by atoms with E-state index in [1.54, 1.807) is 30.0 Å². The summed E-state index contributed by atoms with van der Waals surface area (Å²) >= 11 is 0. The van der Waals surface area contributed by atoms with Crippen LogP contribution in [0.1, 0.15) is 35.3 Å². The van der Waals surface area contributed by atoms with E-state index >= 15 is 0 Å². The van der Waals surface area contributed by atoms with Crippen molar-refractivity contribution in [1.29, 1.82) is 0 Å². The van der Waals surface area contributed by atoms with E-state index in [1.165, 1.54) is 24.3 Å². The van der Waals surface area contributed by atoms with Crippen molar-refractivity contribution in [2.45, 2.75) is 38.7 Å². The Hall–Kier alpha value is -2.91. The summed E-state index contributed by atoms with van der Waals surface area (Å²) < 4.78 is 33.2. The van der Waals surface area contributed by atoms with Gasteiger partial charge in [-0.1, -0.05) is 13.0 Å². The van der Waals surface area contributed by atoms with Crippen LogP contribution in [0.2, 0.25) is 0 Å². The Morgan fingerprint density at radius 1 is 1.00 bits per heavy atom. The van der Waals surface area contributed by atoms with E-state index in [0.717, 1.165) is 30.8 Å². The van der Waals surface area contributed by atoms with Crippen molar-refractivity contribution in [2.75, 3.05) is 37.4 Å². The number of nitrogens with one attached hydrogen (secondary N) is 1. The summed E-state index contributed by atoms with van der Waals surface area (Å²) in [5.74, 6) is -0.844. The van der Waals surface area contributed by atoms with Crippen molar-refractivity contribution in [3.8, 4) is 0 Å². The van der Waals surface area contributed by atoms with Crippen LogP contribution < -0.4 is 4.72 Å². The maximum Gasteiger partial charge on any atom is 0.338 e. The van der Waals surface area contributed by atoms with E-state index in [1.807, 2.05) is 13.8 Å². The average molecular weight is 474 g/mol. The Morgan fingerprint density at radius 3 is 2.21 bits per heavy atom. The number of carbonyl (C=O) groups is 2. The molecule has 0 aromatic heterocycles. The number of rotatable bonds is 7. The molecule has 0 saturated carbocycles. The molecule has 0 bridgehead atoms. The maximum atomic E-state index is 12.6. The van der Waals surface area contributed by atoms with E-state index in [9.17, 15) is 18.0 Å². The van der Waals surface area contributed by atoms with Gasteiger partial charge in [-0.15, -0.1) is 0 Å². The molecule has 1 N–H and O–H groups in total. The highest BCUT2D eigenvalue weighted by Crippen LogP contribution is 2.20. The summed E-state index contributed by atoms with van der Waals surface area (Å²) in [5.41, 5.74) is 2.45. The Bertz CT molecular complexity index is 1110. The molecule has 1 amide bonds. The normalized spacial score (nSPS) is 15.7.